The molecule has 2 heterocycles. The van der Waals surface area contributed by atoms with Gasteiger partial charge in [-0.05, 0) is 67.7 Å². The lowest BCUT2D eigenvalue weighted by atomic mass is 9.56. The molecule has 5 aliphatic rings. The average Bonchev–Trinajstić information content (AvgIpc) is 3.32. The van der Waals surface area contributed by atoms with Crippen molar-refractivity contribution >= 4 is 0 Å². The van der Waals surface area contributed by atoms with Gasteiger partial charge in [0.25, 0.3) is 0 Å². The second kappa shape index (κ2) is 4.35. The van der Waals surface area contributed by atoms with Crippen molar-refractivity contribution in [3.8, 4) is 5.75 Å². The monoisotopic (exact) mass is 319 g/mol. The van der Waals surface area contributed by atoms with Gasteiger partial charge in [-0.1, -0.05) is 24.3 Å². The van der Waals surface area contributed by atoms with Gasteiger partial charge in [0, 0.05) is 24.7 Å². The summed E-state index contributed by atoms with van der Waals surface area (Å²) in [5.41, 5.74) is 7.60. The van der Waals surface area contributed by atoms with Crippen molar-refractivity contribution in [1.29, 1.82) is 0 Å². The van der Waals surface area contributed by atoms with Gasteiger partial charge in [0.05, 0.1) is 5.41 Å². The fraction of sp³-hybridized carbons (Fsp3) is 0.545. The van der Waals surface area contributed by atoms with E-state index in [4.69, 9.17) is 4.74 Å². The number of allylic oxidation sites excluding steroid dienone is 2. The molecule has 2 bridgehead atoms. The van der Waals surface area contributed by atoms with Gasteiger partial charge in [-0.15, -0.1) is 0 Å². The molecule has 1 spiro atoms. The maximum absolute atomic E-state index is 6.62. The molecule has 2 heteroatoms. The van der Waals surface area contributed by atoms with Crippen LogP contribution in [-0.2, 0) is 11.8 Å². The van der Waals surface area contributed by atoms with Gasteiger partial charge in [0.15, 0.2) is 0 Å². The lowest BCUT2D eigenvalue weighted by molar-refractivity contribution is 0.0920. The zero-order chi connectivity index (χ0) is 16.1. The number of hydrogen-bond donors (Lipinski definition) is 0. The normalized spacial score (nSPS) is 35.9. The largest absolute Gasteiger partial charge is 0.484 e. The number of nitrogens with zero attached hydrogens (tertiary/aromatic N) is 1. The van der Waals surface area contributed by atoms with E-state index in [-0.39, 0.29) is 11.5 Å². The molecule has 2 aliphatic heterocycles. The van der Waals surface area contributed by atoms with E-state index in [2.05, 4.69) is 43.0 Å². The Labute approximate surface area is 144 Å². The maximum Gasteiger partial charge on any atom is 0.133 e. The van der Waals surface area contributed by atoms with Gasteiger partial charge in [-0.25, -0.2) is 0 Å². The van der Waals surface area contributed by atoms with Crippen molar-refractivity contribution in [3.05, 3.63) is 52.1 Å². The highest BCUT2D eigenvalue weighted by Gasteiger charge is 2.60. The molecular formula is C22H25NO. The lowest BCUT2D eigenvalue weighted by Crippen LogP contribution is -2.59. The molecule has 24 heavy (non-hydrogen) atoms. The Bertz CT molecular complexity index is 816. The van der Waals surface area contributed by atoms with Crippen LogP contribution in [0.5, 0.6) is 5.75 Å². The van der Waals surface area contributed by atoms with Crippen molar-refractivity contribution in [2.24, 2.45) is 5.92 Å². The Morgan fingerprint density at radius 3 is 2.92 bits per heavy atom. The Hall–Kier alpha value is -1.54. The molecule has 1 saturated heterocycles. The zero-order valence-corrected chi connectivity index (χ0v) is 14.6. The van der Waals surface area contributed by atoms with Gasteiger partial charge in [-0.3, -0.25) is 4.90 Å². The first kappa shape index (κ1) is 13.7. The maximum atomic E-state index is 6.62. The molecule has 0 radical (unpaired) electrons. The Balaban J connectivity index is 1.58. The van der Waals surface area contributed by atoms with Crippen LogP contribution in [0.15, 0.2) is 35.4 Å². The summed E-state index contributed by atoms with van der Waals surface area (Å²) in [6.45, 7) is 7.01. The van der Waals surface area contributed by atoms with E-state index in [1.807, 2.05) is 0 Å². The third-order valence-corrected chi connectivity index (χ3v) is 7.22. The van der Waals surface area contributed by atoms with E-state index in [1.165, 1.54) is 55.7 Å². The van der Waals surface area contributed by atoms with E-state index >= 15 is 0 Å². The molecular weight excluding hydrogens is 294 g/mol. The highest BCUT2D eigenvalue weighted by molar-refractivity contribution is 5.66. The quantitative estimate of drug-likeness (QED) is 0.819. The zero-order valence-electron chi connectivity index (χ0n) is 14.6. The summed E-state index contributed by atoms with van der Waals surface area (Å²) in [4.78, 5) is 2.79. The van der Waals surface area contributed by atoms with Gasteiger partial charge in [-0.2, -0.15) is 0 Å². The van der Waals surface area contributed by atoms with Crippen molar-refractivity contribution in [2.45, 2.75) is 57.1 Å². The number of benzene rings is 1. The third-order valence-electron chi connectivity index (χ3n) is 7.22. The van der Waals surface area contributed by atoms with Crippen LogP contribution in [0.4, 0.5) is 0 Å². The standard InChI is InChI=1S/C22H25NO/c1-13-3-7-16-11-18-17-8-4-14(2)21-22(17,19(16)20(13)24-21)9-10-23(18)12-15-5-6-15/h3-4,7-8,15,18,21H,5-6,9-12H2,1-2H3/t18-,21+,22+/m0/s1. The minimum Gasteiger partial charge on any atom is -0.484 e. The van der Waals surface area contributed by atoms with Gasteiger partial charge < -0.3 is 4.74 Å². The van der Waals surface area contributed by atoms with E-state index in [9.17, 15) is 0 Å². The second-order valence-electron chi connectivity index (χ2n) is 8.66. The summed E-state index contributed by atoms with van der Waals surface area (Å²) in [7, 11) is 0. The fourth-order valence-corrected chi connectivity index (χ4v) is 5.90. The fourth-order valence-electron chi connectivity index (χ4n) is 5.90. The molecule has 1 saturated carbocycles. The van der Waals surface area contributed by atoms with Crippen molar-refractivity contribution < 1.29 is 4.74 Å². The van der Waals surface area contributed by atoms with E-state index < -0.39 is 0 Å². The Kier molecular flexibility index (Phi) is 2.48. The molecule has 0 aromatic heterocycles. The number of ether oxygens (including phenoxy) is 1. The highest BCUT2D eigenvalue weighted by Crippen LogP contribution is 2.61. The van der Waals surface area contributed by atoms with Crippen LogP contribution in [0.3, 0.4) is 0 Å². The number of aryl methyl sites for hydroxylation is 1. The molecule has 1 aromatic rings. The summed E-state index contributed by atoms with van der Waals surface area (Å²) in [5.74, 6) is 2.17. The van der Waals surface area contributed by atoms with Crippen LogP contribution in [0.2, 0.25) is 0 Å². The summed E-state index contributed by atoms with van der Waals surface area (Å²) >= 11 is 0. The van der Waals surface area contributed by atoms with Crippen LogP contribution in [0, 0.1) is 12.8 Å². The third kappa shape index (κ3) is 1.52. The minimum absolute atomic E-state index is 0.137. The molecule has 124 valence electrons. The first-order valence-corrected chi connectivity index (χ1v) is 9.61. The second-order valence-corrected chi connectivity index (χ2v) is 8.66. The molecule has 3 aliphatic carbocycles. The van der Waals surface area contributed by atoms with Gasteiger partial charge in [0.2, 0.25) is 0 Å². The van der Waals surface area contributed by atoms with Crippen LogP contribution < -0.4 is 4.74 Å². The number of rotatable bonds is 2. The van der Waals surface area contributed by atoms with Crippen LogP contribution in [-0.4, -0.2) is 30.1 Å². The highest BCUT2D eigenvalue weighted by atomic mass is 16.5. The summed E-state index contributed by atoms with van der Waals surface area (Å²) < 4.78 is 6.62. The summed E-state index contributed by atoms with van der Waals surface area (Å²) in [5, 5.41) is 0. The van der Waals surface area contributed by atoms with Crippen molar-refractivity contribution in [3.63, 3.8) is 0 Å². The average molecular weight is 319 g/mol. The molecule has 2 fully saturated rings. The molecule has 0 amide bonds. The predicted molar refractivity (Wildman–Crippen MR) is 95.5 cm³/mol. The number of hydrogen-bond acceptors (Lipinski definition) is 2. The number of piperidine rings is 1. The Morgan fingerprint density at radius 2 is 2.08 bits per heavy atom. The molecule has 6 rings (SSSR count). The van der Waals surface area contributed by atoms with Crippen LogP contribution in [0.1, 0.15) is 42.9 Å². The first-order chi connectivity index (χ1) is 11.7. The lowest BCUT2D eigenvalue weighted by Gasteiger charge is -2.54. The molecule has 3 atom stereocenters. The topological polar surface area (TPSA) is 12.5 Å². The van der Waals surface area contributed by atoms with E-state index in [0.717, 1.165) is 5.92 Å². The summed E-state index contributed by atoms with van der Waals surface area (Å²) in [6, 6.07) is 5.26. The van der Waals surface area contributed by atoms with Crippen LogP contribution in [0.25, 0.3) is 0 Å². The number of likely N-dealkylation sites (tertiary alicyclic amines) is 1. The van der Waals surface area contributed by atoms with E-state index in [0.29, 0.717) is 6.04 Å². The molecule has 0 N–H and O–H groups in total. The SMILES string of the molecule is CC1=CC=C2[C@@H]3Cc4ccc(C)c5c4[C@]2(CCN3CC2CC2)[C@@H]1O5. The molecule has 1 aromatic carbocycles. The summed E-state index contributed by atoms with van der Waals surface area (Å²) in [6.07, 6.45) is 10.3. The Morgan fingerprint density at radius 1 is 1.21 bits per heavy atom. The smallest absolute Gasteiger partial charge is 0.133 e. The van der Waals surface area contributed by atoms with Crippen molar-refractivity contribution in [1.82, 2.24) is 4.90 Å². The van der Waals surface area contributed by atoms with Gasteiger partial charge in [0.1, 0.15) is 11.9 Å². The first-order valence-electron chi connectivity index (χ1n) is 9.61. The van der Waals surface area contributed by atoms with Crippen molar-refractivity contribution in [2.75, 3.05) is 13.1 Å². The molecule has 2 nitrogen and oxygen atoms in total. The predicted octanol–water partition coefficient (Wildman–Crippen LogP) is 3.92. The van der Waals surface area contributed by atoms with Crippen LogP contribution >= 0.6 is 0 Å². The molecule has 0 unspecified atom stereocenters. The van der Waals surface area contributed by atoms with Gasteiger partial charge >= 0.3 is 0 Å². The van der Waals surface area contributed by atoms with E-state index in [1.54, 1.807) is 16.7 Å². The minimum atomic E-state index is 0.137.